The Morgan fingerprint density at radius 3 is 2.46 bits per heavy atom. The predicted octanol–water partition coefficient (Wildman–Crippen LogP) is 3.00. The van der Waals surface area contributed by atoms with E-state index < -0.39 is 0 Å². The van der Waals surface area contributed by atoms with Crippen molar-refractivity contribution in [3.63, 3.8) is 0 Å². The first-order chi connectivity index (χ1) is 5.70. The summed E-state index contributed by atoms with van der Waals surface area (Å²) in [6, 6.07) is 0. The number of rotatable bonds is 6. The second kappa shape index (κ2) is 10.8. The smallest absolute Gasteiger partial charge is 0.130 e. The number of hydrogen-bond donors (Lipinski definition) is 2. The summed E-state index contributed by atoms with van der Waals surface area (Å²) >= 11 is 8.85. The molecular weight excluding hydrogens is 250 g/mol. The maximum absolute atomic E-state index is 4.83. The van der Waals surface area contributed by atoms with Crippen molar-refractivity contribution >= 4 is 29.2 Å². The molecule has 0 bridgehead atoms. The molecule has 0 fully saturated rings. The molecule has 0 aliphatic rings. The van der Waals surface area contributed by atoms with Crippen molar-refractivity contribution in [3.8, 4) is 0 Å². The standard InChI is InChI=1S/C9H19NS2.Cu/c1-3-5-6-8(4-2)7-10-9(11)12;/h8H,3-7H2,1-2H3,(H2,10,11,12);. The van der Waals surface area contributed by atoms with E-state index in [0.717, 1.165) is 12.5 Å². The zero-order valence-corrected chi connectivity index (χ0v) is 10.9. The van der Waals surface area contributed by atoms with E-state index in [-0.39, 0.29) is 17.1 Å². The van der Waals surface area contributed by atoms with Crippen molar-refractivity contribution in [2.24, 2.45) is 5.92 Å². The van der Waals surface area contributed by atoms with Crippen LogP contribution in [0.5, 0.6) is 0 Å². The number of unbranched alkanes of at least 4 members (excludes halogenated alkanes) is 1. The molecule has 83 valence electrons. The third-order valence-corrected chi connectivity index (χ3v) is 2.39. The molecule has 0 saturated heterocycles. The van der Waals surface area contributed by atoms with Crippen molar-refractivity contribution in [1.82, 2.24) is 5.32 Å². The van der Waals surface area contributed by atoms with Crippen LogP contribution in [0, 0.1) is 5.92 Å². The third kappa shape index (κ3) is 10.7. The summed E-state index contributed by atoms with van der Waals surface area (Å²) in [5, 5.41) is 3.10. The van der Waals surface area contributed by atoms with Gasteiger partial charge in [-0.05, 0) is 12.3 Å². The van der Waals surface area contributed by atoms with Crippen molar-refractivity contribution in [2.75, 3.05) is 6.54 Å². The minimum absolute atomic E-state index is 0. The van der Waals surface area contributed by atoms with E-state index in [0.29, 0.717) is 4.32 Å². The molecule has 0 heterocycles. The van der Waals surface area contributed by atoms with Gasteiger partial charge in [0.25, 0.3) is 0 Å². The molecule has 1 atom stereocenters. The summed E-state index contributed by atoms with van der Waals surface area (Å²) in [4.78, 5) is 0. The second-order valence-electron chi connectivity index (χ2n) is 3.10. The molecule has 0 aromatic heterocycles. The van der Waals surface area contributed by atoms with Crippen molar-refractivity contribution in [3.05, 3.63) is 0 Å². The van der Waals surface area contributed by atoms with E-state index in [1.165, 1.54) is 25.7 Å². The summed E-state index contributed by atoms with van der Waals surface area (Å²) in [5.41, 5.74) is 0. The van der Waals surface area contributed by atoms with Gasteiger partial charge in [-0.15, -0.1) is 12.6 Å². The normalized spacial score (nSPS) is 11.6. The van der Waals surface area contributed by atoms with Gasteiger partial charge < -0.3 is 5.32 Å². The van der Waals surface area contributed by atoms with Crippen LogP contribution in [-0.4, -0.2) is 10.9 Å². The summed E-state index contributed by atoms with van der Waals surface area (Å²) in [5.74, 6) is 0.759. The van der Waals surface area contributed by atoms with E-state index in [9.17, 15) is 0 Å². The summed E-state index contributed by atoms with van der Waals surface area (Å²) < 4.78 is 0.616. The zero-order valence-electron chi connectivity index (χ0n) is 8.27. The average Bonchev–Trinajstić information content (AvgIpc) is 2.05. The fraction of sp³-hybridized carbons (Fsp3) is 0.889. The summed E-state index contributed by atoms with van der Waals surface area (Å²) in [6.07, 6.45) is 5.13. The van der Waals surface area contributed by atoms with Crippen LogP contribution in [0.4, 0.5) is 0 Å². The van der Waals surface area contributed by atoms with Crippen LogP contribution < -0.4 is 5.32 Å². The first-order valence-electron chi connectivity index (χ1n) is 4.67. The number of nitrogens with one attached hydrogen (secondary N) is 1. The monoisotopic (exact) mass is 268 g/mol. The van der Waals surface area contributed by atoms with Crippen LogP contribution in [0.2, 0.25) is 0 Å². The van der Waals surface area contributed by atoms with Gasteiger partial charge >= 0.3 is 0 Å². The minimum atomic E-state index is 0. The van der Waals surface area contributed by atoms with E-state index >= 15 is 0 Å². The van der Waals surface area contributed by atoms with Crippen LogP contribution in [0.3, 0.4) is 0 Å². The molecule has 1 radical (unpaired) electrons. The van der Waals surface area contributed by atoms with Crippen LogP contribution >= 0.6 is 24.8 Å². The summed E-state index contributed by atoms with van der Waals surface area (Å²) in [6.45, 7) is 5.44. The quantitative estimate of drug-likeness (QED) is 0.436. The van der Waals surface area contributed by atoms with Gasteiger partial charge in [0.2, 0.25) is 0 Å². The Morgan fingerprint density at radius 2 is 2.08 bits per heavy atom. The van der Waals surface area contributed by atoms with E-state index in [1.54, 1.807) is 0 Å². The van der Waals surface area contributed by atoms with Crippen LogP contribution in [-0.2, 0) is 17.1 Å². The Bertz CT molecular complexity index is 131. The Balaban J connectivity index is 0. The third-order valence-electron chi connectivity index (χ3n) is 2.09. The Morgan fingerprint density at radius 1 is 1.46 bits per heavy atom. The molecular formula is C9H19CuNS2. The molecule has 0 amide bonds. The van der Waals surface area contributed by atoms with Gasteiger partial charge in [-0.25, -0.2) is 0 Å². The second-order valence-corrected chi connectivity index (χ2v) is 4.26. The first kappa shape index (κ1) is 16.2. The molecule has 0 aliphatic carbocycles. The molecule has 13 heavy (non-hydrogen) atoms. The number of thiocarbonyl (C=S) groups is 1. The van der Waals surface area contributed by atoms with Gasteiger partial charge in [-0.2, -0.15) is 0 Å². The fourth-order valence-electron chi connectivity index (χ4n) is 1.17. The Labute approximate surface area is 103 Å². The van der Waals surface area contributed by atoms with Gasteiger partial charge in [0, 0.05) is 23.6 Å². The van der Waals surface area contributed by atoms with Crippen LogP contribution in [0.1, 0.15) is 39.5 Å². The molecule has 0 saturated carbocycles. The van der Waals surface area contributed by atoms with Crippen molar-refractivity contribution < 1.29 is 17.1 Å². The first-order valence-corrected chi connectivity index (χ1v) is 5.53. The SMILES string of the molecule is CCCCC(CC)CNC(=S)S.[Cu]. The fourth-order valence-corrected chi connectivity index (χ4v) is 1.35. The molecule has 0 aromatic rings. The van der Waals surface area contributed by atoms with Gasteiger partial charge in [-0.3, -0.25) is 0 Å². The van der Waals surface area contributed by atoms with Gasteiger partial charge in [0.1, 0.15) is 4.32 Å². The molecule has 0 spiro atoms. The van der Waals surface area contributed by atoms with Gasteiger partial charge in [-0.1, -0.05) is 45.3 Å². The van der Waals surface area contributed by atoms with Crippen molar-refractivity contribution in [2.45, 2.75) is 39.5 Å². The Kier molecular flexibility index (Phi) is 13.5. The van der Waals surface area contributed by atoms with Crippen LogP contribution in [0.25, 0.3) is 0 Å². The van der Waals surface area contributed by atoms with E-state index in [4.69, 9.17) is 12.2 Å². The maximum atomic E-state index is 4.83. The topological polar surface area (TPSA) is 12.0 Å². The maximum Gasteiger partial charge on any atom is 0.130 e. The number of hydrogen-bond acceptors (Lipinski definition) is 1. The van der Waals surface area contributed by atoms with Gasteiger partial charge in [0.05, 0.1) is 0 Å². The molecule has 4 heteroatoms. The molecule has 1 N–H and O–H groups in total. The largest absolute Gasteiger partial charge is 0.371 e. The molecule has 0 rings (SSSR count). The molecule has 0 aromatic carbocycles. The molecule has 1 nitrogen and oxygen atoms in total. The van der Waals surface area contributed by atoms with Gasteiger partial charge in [0.15, 0.2) is 0 Å². The molecule has 1 unspecified atom stereocenters. The Hall–Kier alpha value is 0.759. The molecule has 0 aliphatic heterocycles. The summed E-state index contributed by atoms with van der Waals surface area (Å²) in [7, 11) is 0. The van der Waals surface area contributed by atoms with Crippen LogP contribution in [0.15, 0.2) is 0 Å². The predicted molar refractivity (Wildman–Crippen MR) is 62.9 cm³/mol. The van der Waals surface area contributed by atoms with Crippen molar-refractivity contribution in [1.29, 1.82) is 0 Å². The zero-order chi connectivity index (χ0) is 9.40. The van der Waals surface area contributed by atoms with E-state index in [2.05, 4.69) is 31.8 Å². The number of thiol groups is 1. The minimum Gasteiger partial charge on any atom is -0.371 e. The van der Waals surface area contributed by atoms with E-state index in [1.807, 2.05) is 0 Å². The average molecular weight is 269 g/mol.